The highest BCUT2D eigenvalue weighted by atomic mass is 15.1. The van der Waals surface area contributed by atoms with Gasteiger partial charge in [-0.25, -0.2) is 4.98 Å². The molecule has 2 N–H and O–H groups in total. The van der Waals surface area contributed by atoms with Crippen LogP contribution in [-0.2, 0) is 0 Å². The maximum atomic E-state index is 8.88. The molecular weight excluding hydrogens is 322 g/mol. The number of benzene rings is 2. The van der Waals surface area contributed by atoms with Gasteiger partial charge < -0.3 is 10.6 Å². The molecule has 0 radical (unpaired) electrons. The highest BCUT2D eigenvalue weighted by molar-refractivity contribution is 5.61. The van der Waals surface area contributed by atoms with Crippen molar-refractivity contribution in [1.29, 1.82) is 5.26 Å². The number of nitrogens with one attached hydrogen (secondary N) is 2. The van der Waals surface area contributed by atoms with Crippen molar-refractivity contribution < 1.29 is 0 Å². The number of aryl methyl sites for hydroxylation is 1. The van der Waals surface area contributed by atoms with E-state index in [0.717, 1.165) is 22.9 Å². The largest absolute Gasteiger partial charge is 0.340 e. The Bertz CT molecular complexity index is 922. The molecule has 0 saturated carbocycles. The summed E-state index contributed by atoms with van der Waals surface area (Å²) < 4.78 is 0. The molecule has 130 valence electrons. The van der Waals surface area contributed by atoms with Crippen LogP contribution in [0.3, 0.4) is 0 Å². The first-order valence-corrected chi connectivity index (χ1v) is 8.53. The lowest BCUT2D eigenvalue weighted by Gasteiger charge is -2.11. The van der Waals surface area contributed by atoms with Crippen molar-refractivity contribution in [2.45, 2.75) is 26.7 Å². The van der Waals surface area contributed by atoms with Crippen LogP contribution in [0.25, 0.3) is 0 Å². The topological polar surface area (TPSA) is 73.6 Å². The number of hydrogen-bond acceptors (Lipinski definition) is 5. The first kappa shape index (κ1) is 17.4. The number of hydrogen-bond donors (Lipinski definition) is 2. The highest BCUT2D eigenvalue weighted by Crippen LogP contribution is 2.21. The quantitative estimate of drug-likeness (QED) is 0.660. The lowest BCUT2D eigenvalue weighted by Crippen LogP contribution is -2.02. The zero-order valence-corrected chi connectivity index (χ0v) is 15.1. The van der Waals surface area contributed by atoms with Gasteiger partial charge >= 0.3 is 0 Å². The zero-order valence-electron chi connectivity index (χ0n) is 15.1. The Kier molecular flexibility index (Phi) is 5.14. The summed E-state index contributed by atoms with van der Waals surface area (Å²) in [5.74, 6) is 1.75. The molecule has 3 rings (SSSR count). The van der Waals surface area contributed by atoms with E-state index in [9.17, 15) is 0 Å². The van der Waals surface area contributed by atoms with Crippen LogP contribution >= 0.6 is 0 Å². The Morgan fingerprint density at radius 1 is 0.885 bits per heavy atom. The molecule has 26 heavy (non-hydrogen) atoms. The van der Waals surface area contributed by atoms with Crippen LogP contribution in [0.1, 0.15) is 36.6 Å². The second kappa shape index (κ2) is 7.66. The van der Waals surface area contributed by atoms with Gasteiger partial charge in [-0.05, 0) is 54.8 Å². The molecule has 0 saturated heterocycles. The van der Waals surface area contributed by atoms with Gasteiger partial charge in [-0.1, -0.05) is 26.0 Å². The monoisotopic (exact) mass is 343 g/mol. The maximum Gasteiger partial charge on any atom is 0.229 e. The first-order chi connectivity index (χ1) is 12.5. The number of anilines is 4. The van der Waals surface area contributed by atoms with Gasteiger partial charge in [0.25, 0.3) is 0 Å². The van der Waals surface area contributed by atoms with E-state index in [4.69, 9.17) is 5.26 Å². The summed E-state index contributed by atoms with van der Waals surface area (Å²) in [6.07, 6.45) is 0. The molecular formula is C21H21N5. The predicted molar refractivity (Wildman–Crippen MR) is 105 cm³/mol. The van der Waals surface area contributed by atoms with Crippen molar-refractivity contribution >= 4 is 23.1 Å². The molecule has 1 aromatic heterocycles. The second-order valence-electron chi connectivity index (χ2n) is 6.43. The lowest BCUT2D eigenvalue weighted by atomic mass is 10.0. The minimum absolute atomic E-state index is 0.508. The Morgan fingerprint density at radius 3 is 2.12 bits per heavy atom. The highest BCUT2D eigenvalue weighted by Gasteiger charge is 2.05. The van der Waals surface area contributed by atoms with E-state index in [2.05, 4.69) is 64.8 Å². The summed E-state index contributed by atoms with van der Waals surface area (Å²) >= 11 is 0. The Balaban J connectivity index is 1.77. The van der Waals surface area contributed by atoms with Crippen LogP contribution in [0.4, 0.5) is 23.1 Å². The standard InChI is InChI=1S/C21H21N5/c1-14(2)17-6-10-18(11-7-17)24-20-12-15(3)23-21(26-20)25-19-8-4-16(13-22)5-9-19/h4-12,14H,1-3H3,(H2,23,24,25,26). The molecule has 0 aliphatic carbocycles. The molecule has 5 heteroatoms. The fourth-order valence-electron chi connectivity index (χ4n) is 2.54. The second-order valence-corrected chi connectivity index (χ2v) is 6.43. The van der Waals surface area contributed by atoms with Crippen molar-refractivity contribution in [2.24, 2.45) is 0 Å². The van der Waals surface area contributed by atoms with Gasteiger partial charge in [0.15, 0.2) is 0 Å². The van der Waals surface area contributed by atoms with Gasteiger partial charge in [0, 0.05) is 23.1 Å². The van der Waals surface area contributed by atoms with E-state index in [0.29, 0.717) is 17.4 Å². The van der Waals surface area contributed by atoms with Crippen LogP contribution in [-0.4, -0.2) is 9.97 Å². The average Bonchev–Trinajstić information content (AvgIpc) is 2.62. The Labute approximate surface area is 153 Å². The molecule has 0 amide bonds. The summed E-state index contributed by atoms with van der Waals surface area (Å²) in [4.78, 5) is 8.95. The van der Waals surface area contributed by atoms with Crippen LogP contribution in [0, 0.1) is 18.3 Å². The maximum absolute atomic E-state index is 8.88. The van der Waals surface area contributed by atoms with Crippen LogP contribution in [0.5, 0.6) is 0 Å². The third kappa shape index (κ3) is 4.37. The van der Waals surface area contributed by atoms with Gasteiger partial charge in [0.2, 0.25) is 5.95 Å². The Morgan fingerprint density at radius 2 is 1.50 bits per heavy atom. The van der Waals surface area contributed by atoms with Crippen LogP contribution in [0.2, 0.25) is 0 Å². The molecule has 0 aliphatic heterocycles. The molecule has 0 fully saturated rings. The van der Waals surface area contributed by atoms with Crippen molar-refractivity contribution in [1.82, 2.24) is 9.97 Å². The van der Waals surface area contributed by atoms with E-state index in [1.165, 1.54) is 5.56 Å². The van der Waals surface area contributed by atoms with Crippen LogP contribution in [0.15, 0.2) is 54.6 Å². The van der Waals surface area contributed by atoms with Gasteiger partial charge in [0.1, 0.15) is 5.82 Å². The fraction of sp³-hybridized carbons (Fsp3) is 0.190. The summed E-state index contributed by atoms with van der Waals surface area (Å²) in [6.45, 7) is 6.29. The summed E-state index contributed by atoms with van der Waals surface area (Å²) in [5.41, 5.74) is 4.60. The fourth-order valence-corrected chi connectivity index (χ4v) is 2.54. The lowest BCUT2D eigenvalue weighted by molar-refractivity contribution is 0.867. The van der Waals surface area contributed by atoms with Gasteiger partial charge in [-0.15, -0.1) is 0 Å². The molecule has 0 bridgehead atoms. The molecule has 0 atom stereocenters. The SMILES string of the molecule is Cc1cc(Nc2ccc(C(C)C)cc2)nc(Nc2ccc(C#N)cc2)n1. The molecule has 2 aromatic carbocycles. The minimum atomic E-state index is 0.508. The van der Waals surface area contributed by atoms with E-state index >= 15 is 0 Å². The molecule has 3 aromatic rings. The third-order valence-corrected chi connectivity index (χ3v) is 3.97. The van der Waals surface area contributed by atoms with Crippen molar-refractivity contribution in [3.05, 3.63) is 71.4 Å². The molecule has 0 aliphatic rings. The minimum Gasteiger partial charge on any atom is -0.340 e. The average molecular weight is 343 g/mol. The number of aromatic nitrogens is 2. The third-order valence-electron chi connectivity index (χ3n) is 3.97. The molecule has 1 heterocycles. The number of rotatable bonds is 5. The van der Waals surface area contributed by atoms with Gasteiger partial charge in [0.05, 0.1) is 11.6 Å². The molecule has 0 unspecified atom stereocenters. The van der Waals surface area contributed by atoms with Crippen molar-refractivity contribution in [2.75, 3.05) is 10.6 Å². The summed E-state index contributed by atoms with van der Waals surface area (Å²) in [7, 11) is 0. The predicted octanol–water partition coefficient (Wildman–Crippen LogP) is 5.27. The van der Waals surface area contributed by atoms with Crippen LogP contribution < -0.4 is 10.6 Å². The zero-order chi connectivity index (χ0) is 18.5. The van der Waals surface area contributed by atoms with Gasteiger partial charge in [-0.3, -0.25) is 0 Å². The van der Waals surface area contributed by atoms with Gasteiger partial charge in [-0.2, -0.15) is 10.2 Å². The summed E-state index contributed by atoms with van der Waals surface area (Å²) in [5, 5.41) is 15.4. The number of nitrogens with zero attached hydrogens (tertiary/aromatic N) is 3. The Hall–Kier alpha value is -3.39. The normalized spacial score (nSPS) is 10.4. The van der Waals surface area contributed by atoms with E-state index in [-0.39, 0.29) is 0 Å². The molecule has 0 spiro atoms. The van der Waals surface area contributed by atoms with E-state index in [1.807, 2.05) is 25.1 Å². The first-order valence-electron chi connectivity index (χ1n) is 8.53. The smallest absolute Gasteiger partial charge is 0.229 e. The van der Waals surface area contributed by atoms with Crippen molar-refractivity contribution in [3.8, 4) is 6.07 Å². The number of nitriles is 1. The van der Waals surface area contributed by atoms with E-state index < -0.39 is 0 Å². The van der Waals surface area contributed by atoms with Crippen molar-refractivity contribution in [3.63, 3.8) is 0 Å². The molecule has 5 nitrogen and oxygen atoms in total. The van der Waals surface area contributed by atoms with E-state index in [1.54, 1.807) is 12.1 Å². The summed E-state index contributed by atoms with van der Waals surface area (Å²) in [6, 6.07) is 19.6.